The van der Waals surface area contributed by atoms with E-state index < -0.39 is 12.0 Å². The summed E-state index contributed by atoms with van der Waals surface area (Å²) < 4.78 is 35.4. The van der Waals surface area contributed by atoms with E-state index in [2.05, 4.69) is 4.99 Å². The van der Waals surface area contributed by atoms with Crippen LogP contribution in [0, 0.1) is 5.41 Å². The molecule has 0 aromatic carbocycles. The first-order valence-electron chi connectivity index (χ1n) is 2.89. The lowest BCUT2D eigenvalue weighted by Crippen LogP contribution is -2.36. The van der Waals surface area contributed by atoms with Gasteiger partial charge in [-0.25, -0.2) is 0 Å². The van der Waals surface area contributed by atoms with Crippen molar-refractivity contribution in [2.75, 3.05) is 6.54 Å². The lowest BCUT2D eigenvalue weighted by Gasteiger charge is -2.08. The second-order valence-corrected chi connectivity index (χ2v) is 1.61. The summed E-state index contributed by atoms with van der Waals surface area (Å²) in [6.45, 7) is 1.52. The molecule has 0 aliphatic carbocycles. The van der Waals surface area contributed by atoms with Crippen molar-refractivity contribution in [1.82, 2.24) is 5.32 Å². The average molecular weight is 167 g/mol. The second kappa shape index (κ2) is 3.95. The van der Waals surface area contributed by atoms with Gasteiger partial charge in [-0.2, -0.15) is 13.2 Å². The minimum absolute atomic E-state index is 0.0374. The van der Waals surface area contributed by atoms with Crippen LogP contribution < -0.4 is 5.32 Å². The van der Waals surface area contributed by atoms with E-state index in [9.17, 15) is 13.2 Å². The molecule has 0 bridgehead atoms. The Labute approximate surface area is 61.8 Å². The van der Waals surface area contributed by atoms with Gasteiger partial charge in [0.05, 0.1) is 6.34 Å². The molecule has 64 valence electrons. The molecule has 0 atom stereocenters. The number of nitrogens with zero attached hydrogens (tertiary/aromatic N) is 1. The molecular formula is C5H8F3N3. The highest BCUT2D eigenvalue weighted by Gasteiger charge is 2.35. The van der Waals surface area contributed by atoms with E-state index >= 15 is 0 Å². The number of amidine groups is 1. The number of alkyl halides is 3. The highest BCUT2D eigenvalue weighted by Crippen LogP contribution is 2.15. The zero-order chi connectivity index (χ0) is 8.91. The third-order valence-corrected chi connectivity index (χ3v) is 0.794. The van der Waals surface area contributed by atoms with Crippen LogP contribution >= 0.6 is 0 Å². The summed E-state index contributed by atoms with van der Waals surface area (Å²) in [5.41, 5.74) is 0. The highest BCUT2D eigenvalue weighted by atomic mass is 19.4. The van der Waals surface area contributed by atoms with Gasteiger partial charge in [-0.15, -0.1) is 0 Å². The van der Waals surface area contributed by atoms with Gasteiger partial charge in [-0.1, -0.05) is 0 Å². The topological polar surface area (TPSA) is 48.2 Å². The minimum atomic E-state index is -4.49. The Morgan fingerprint density at radius 1 is 1.64 bits per heavy atom. The number of hydrogen-bond acceptors (Lipinski definition) is 2. The van der Waals surface area contributed by atoms with Crippen LogP contribution in [0.4, 0.5) is 13.2 Å². The van der Waals surface area contributed by atoms with Crippen molar-refractivity contribution in [2.24, 2.45) is 4.99 Å². The van der Waals surface area contributed by atoms with Crippen molar-refractivity contribution in [2.45, 2.75) is 13.1 Å². The molecule has 0 aromatic heterocycles. The quantitative estimate of drug-likeness (QED) is 0.470. The molecule has 0 radical (unpaired) electrons. The number of halogens is 3. The first-order valence-corrected chi connectivity index (χ1v) is 2.89. The van der Waals surface area contributed by atoms with Gasteiger partial charge in [0.15, 0.2) is 0 Å². The fourth-order valence-corrected chi connectivity index (χ4v) is 0.444. The van der Waals surface area contributed by atoms with Crippen LogP contribution in [0.25, 0.3) is 0 Å². The molecule has 11 heavy (non-hydrogen) atoms. The van der Waals surface area contributed by atoms with E-state index in [0.717, 1.165) is 0 Å². The van der Waals surface area contributed by atoms with Gasteiger partial charge in [-0.3, -0.25) is 10.4 Å². The molecule has 6 heteroatoms. The van der Waals surface area contributed by atoms with Crippen molar-refractivity contribution >= 4 is 12.2 Å². The smallest absolute Gasteiger partial charge is 0.328 e. The maximum Gasteiger partial charge on any atom is 0.449 e. The van der Waals surface area contributed by atoms with E-state index in [1.165, 1.54) is 6.92 Å². The number of rotatable bonds is 2. The maximum absolute atomic E-state index is 11.8. The summed E-state index contributed by atoms with van der Waals surface area (Å²) in [5.74, 6) is -1.13. The molecule has 0 saturated carbocycles. The molecule has 0 amide bonds. The van der Waals surface area contributed by atoms with Crippen LogP contribution in [0.1, 0.15) is 6.92 Å². The zero-order valence-electron chi connectivity index (χ0n) is 5.87. The van der Waals surface area contributed by atoms with Crippen LogP contribution in [0.15, 0.2) is 4.99 Å². The Kier molecular flexibility index (Phi) is 3.56. The standard InChI is InChI=1S/C5H8F3N3/c1-2-10-4(11-3-9)5(6,7)8/h3H,2H2,1H3,(H2,9,10,11). The predicted molar refractivity (Wildman–Crippen MR) is 36.0 cm³/mol. The highest BCUT2D eigenvalue weighted by molar-refractivity contribution is 5.95. The summed E-state index contributed by atoms with van der Waals surface area (Å²) in [4.78, 5) is 3.11. The largest absolute Gasteiger partial charge is 0.449 e. The molecule has 2 N–H and O–H groups in total. The van der Waals surface area contributed by atoms with Gasteiger partial charge in [0.1, 0.15) is 0 Å². The van der Waals surface area contributed by atoms with E-state index in [-0.39, 0.29) is 6.54 Å². The van der Waals surface area contributed by atoms with Crippen molar-refractivity contribution in [3.05, 3.63) is 0 Å². The molecule has 0 aliphatic heterocycles. The van der Waals surface area contributed by atoms with Gasteiger partial charge < -0.3 is 5.32 Å². The van der Waals surface area contributed by atoms with Gasteiger partial charge >= 0.3 is 6.18 Å². The second-order valence-electron chi connectivity index (χ2n) is 1.61. The van der Waals surface area contributed by atoms with Gasteiger partial charge in [0.2, 0.25) is 5.84 Å². The summed E-state index contributed by atoms with van der Waals surface area (Å²) in [5, 5.41) is 8.06. The van der Waals surface area contributed by atoms with Gasteiger partial charge in [0, 0.05) is 6.54 Å². The Morgan fingerprint density at radius 3 is 2.45 bits per heavy atom. The molecule has 0 heterocycles. The SMILES string of the molecule is CCN=C(NC=N)C(F)(F)F. The summed E-state index contributed by atoms with van der Waals surface area (Å²) in [7, 11) is 0. The van der Waals surface area contributed by atoms with Gasteiger partial charge in [0.25, 0.3) is 0 Å². The first kappa shape index (κ1) is 9.93. The predicted octanol–water partition coefficient (Wildman–Crippen LogP) is 1.16. The van der Waals surface area contributed by atoms with Crippen molar-refractivity contribution < 1.29 is 13.2 Å². The molecule has 0 unspecified atom stereocenters. The normalized spacial score (nSPS) is 12.9. The molecule has 0 fully saturated rings. The van der Waals surface area contributed by atoms with E-state index in [1.807, 2.05) is 0 Å². The summed E-state index contributed by atoms with van der Waals surface area (Å²) in [6.07, 6.45) is -4.05. The Bertz CT molecular complexity index is 161. The average Bonchev–Trinajstić information content (AvgIpc) is 1.85. The molecule has 0 aromatic rings. The Morgan fingerprint density at radius 2 is 2.18 bits per heavy atom. The summed E-state index contributed by atoms with van der Waals surface area (Å²) >= 11 is 0. The van der Waals surface area contributed by atoms with Crippen LogP contribution in [0.5, 0.6) is 0 Å². The third kappa shape index (κ3) is 3.59. The molecule has 3 nitrogen and oxygen atoms in total. The van der Waals surface area contributed by atoms with Gasteiger partial charge in [-0.05, 0) is 6.92 Å². The lowest BCUT2D eigenvalue weighted by atomic mass is 10.5. The van der Waals surface area contributed by atoms with Crippen LogP contribution in [0.2, 0.25) is 0 Å². The third-order valence-electron chi connectivity index (χ3n) is 0.794. The van der Waals surface area contributed by atoms with Crippen molar-refractivity contribution in [3.8, 4) is 0 Å². The summed E-state index contributed by atoms with van der Waals surface area (Å²) in [6, 6.07) is 0. The lowest BCUT2D eigenvalue weighted by molar-refractivity contribution is -0.0610. The van der Waals surface area contributed by atoms with E-state index in [1.54, 1.807) is 5.32 Å². The Hall–Kier alpha value is -1.07. The molecular weight excluding hydrogens is 159 g/mol. The fraction of sp³-hybridized carbons (Fsp3) is 0.600. The van der Waals surface area contributed by atoms with Crippen LogP contribution in [-0.4, -0.2) is 24.9 Å². The first-order chi connectivity index (χ1) is 5.02. The molecule has 0 rings (SSSR count). The van der Waals surface area contributed by atoms with E-state index in [0.29, 0.717) is 6.34 Å². The fourth-order valence-electron chi connectivity index (χ4n) is 0.444. The van der Waals surface area contributed by atoms with E-state index in [4.69, 9.17) is 5.41 Å². The monoisotopic (exact) mass is 167 g/mol. The molecule has 0 aliphatic rings. The number of hydrogen-bond donors (Lipinski definition) is 2. The zero-order valence-corrected chi connectivity index (χ0v) is 5.87. The number of nitrogens with one attached hydrogen (secondary N) is 2. The van der Waals surface area contributed by atoms with Crippen LogP contribution in [-0.2, 0) is 0 Å². The number of aliphatic imine (C=N–C) groups is 1. The molecule has 0 spiro atoms. The Balaban J connectivity index is 4.34. The maximum atomic E-state index is 11.8. The van der Waals surface area contributed by atoms with Crippen molar-refractivity contribution in [1.29, 1.82) is 5.41 Å². The van der Waals surface area contributed by atoms with Crippen molar-refractivity contribution in [3.63, 3.8) is 0 Å². The molecule has 0 saturated heterocycles. The minimum Gasteiger partial charge on any atom is -0.328 e. The van der Waals surface area contributed by atoms with Crippen LogP contribution in [0.3, 0.4) is 0 Å².